The lowest BCUT2D eigenvalue weighted by Gasteiger charge is -2.08. The molecule has 1 aromatic carbocycles. The van der Waals surface area contributed by atoms with E-state index in [-0.39, 0.29) is 17.5 Å². The summed E-state index contributed by atoms with van der Waals surface area (Å²) < 4.78 is 31.7. The summed E-state index contributed by atoms with van der Waals surface area (Å²) in [6.45, 7) is 0.906. The number of halogens is 2. The van der Waals surface area contributed by atoms with Gasteiger partial charge < -0.3 is 15.5 Å². The first-order chi connectivity index (χ1) is 8.15. The van der Waals surface area contributed by atoms with Gasteiger partial charge in [0.1, 0.15) is 17.2 Å². The van der Waals surface area contributed by atoms with Gasteiger partial charge in [0.2, 0.25) is 0 Å². The van der Waals surface area contributed by atoms with Crippen LogP contribution in [0.3, 0.4) is 0 Å². The Morgan fingerprint density at radius 1 is 1.35 bits per heavy atom. The molecule has 4 nitrogen and oxygen atoms in total. The lowest BCUT2D eigenvalue weighted by atomic mass is 10.0. The van der Waals surface area contributed by atoms with Crippen molar-refractivity contribution in [2.45, 2.75) is 12.0 Å². The van der Waals surface area contributed by atoms with Crippen LogP contribution in [0.2, 0.25) is 0 Å². The molecule has 2 heterocycles. The van der Waals surface area contributed by atoms with Gasteiger partial charge in [-0.1, -0.05) is 0 Å². The van der Waals surface area contributed by atoms with Crippen molar-refractivity contribution >= 4 is 11.0 Å². The first-order valence-corrected chi connectivity index (χ1v) is 5.33. The second kappa shape index (κ2) is 3.75. The highest BCUT2D eigenvalue weighted by Crippen LogP contribution is 2.25. The van der Waals surface area contributed by atoms with E-state index in [1.54, 1.807) is 0 Å². The number of nitrogens with one attached hydrogen (secondary N) is 1. The Balaban J connectivity index is 2.10. The number of fused-ring (bicyclic) bond motifs is 1. The van der Waals surface area contributed by atoms with E-state index in [4.69, 9.17) is 10.5 Å². The Labute approximate surface area is 95.8 Å². The fourth-order valence-electron chi connectivity index (χ4n) is 2.09. The number of aromatic amines is 1. The molecule has 1 aromatic heterocycles. The second-order valence-corrected chi connectivity index (χ2v) is 4.21. The Kier molecular flexibility index (Phi) is 2.34. The molecule has 3 rings (SSSR count). The van der Waals surface area contributed by atoms with Crippen LogP contribution in [-0.4, -0.2) is 29.2 Å². The molecule has 1 aliphatic rings. The molecule has 0 radical (unpaired) electrons. The number of aromatic nitrogens is 2. The van der Waals surface area contributed by atoms with Crippen LogP contribution in [-0.2, 0) is 4.74 Å². The lowest BCUT2D eigenvalue weighted by Crippen LogP contribution is -2.27. The van der Waals surface area contributed by atoms with Crippen LogP contribution in [0.5, 0.6) is 0 Å². The van der Waals surface area contributed by atoms with Gasteiger partial charge in [-0.2, -0.15) is 0 Å². The number of ether oxygens (including phenoxy) is 1. The molecule has 1 aliphatic heterocycles. The van der Waals surface area contributed by atoms with Gasteiger partial charge in [-0.05, 0) is 6.07 Å². The third-order valence-corrected chi connectivity index (χ3v) is 3.00. The van der Waals surface area contributed by atoms with Crippen molar-refractivity contribution < 1.29 is 13.5 Å². The van der Waals surface area contributed by atoms with Crippen LogP contribution >= 0.6 is 0 Å². The number of nitrogens with two attached hydrogens (primary N) is 1. The van der Waals surface area contributed by atoms with E-state index < -0.39 is 11.6 Å². The van der Waals surface area contributed by atoms with Crippen LogP contribution in [0.15, 0.2) is 12.1 Å². The zero-order valence-electron chi connectivity index (χ0n) is 8.91. The van der Waals surface area contributed by atoms with Gasteiger partial charge in [-0.3, -0.25) is 0 Å². The predicted octanol–water partition coefficient (Wildman–Crippen LogP) is 1.28. The summed E-state index contributed by atoms with van der Waals surface area (Å²) in [7, 11) is 0. The monoisotopic (exact) mass is 239 g/mol. The fourth-order valence-corrected chi connectivity index (χ4v) is 2.09. The Hall–Kier alpha value is -1.53. The number of H-pyrrole nitrogens is 1. The van der Waals surface area contributed by atoms with E-state index in [0.29, 0.717) is 24.6 Å². The number of rotatable bonds is 1. The number of imidazole rings is 1. The molecule has 2 atom stereocenters. The maximum Gasteiger partial charge on any atom is 0.153 e. The first-order valence-electron chi connectivity index (χ1n) is 5.33. The van der Waals surface area contributed by atoms with Crippen molar-refractivity contribution in [2.24, 2.45) is 5.73 Å². The maximum absolute atomic E-state index is 13.5. The van der Waals surface area contributed by atoms with Crippen LogP contribution in [0, 0.1) is 11.6 Å². The number of hydrogen-bond donors (Lipinski definition) is 2. The van der Waals surface area contributed by atoms with E-state index in [1.807, 2.05) is 0 Å². The largest absolute Gasteiger partial charge is 0.379 e. The van der Waals surface area contributed by atoms with E-state index in [0.717, 1.165) is 6.07 Å². The van der Waals surface area contributed by atoms with Gasteiger partial charge in [0.25, 0.3) is 0 Å². The summed E-state index contributed by atoms with van der Waals surface area (Å²) in [6.07, 6.45) is 0. The minimum Gasteiger partial charge on any atom is -0.379 e. The molecular formula is C11H11F2N3O. The molecule has 6 heteroatoms. The molecule has 0 saturated carbocycles. The maximum atomic E-state index is 13.5. The third kappa shape index (κ3) is 1.69. The van der Waals surface area contributed by atoms with Crippen molar-refractivity contribution in [3.8, 4) is 0 Å². The quantitative estimate of drug-likeness (QED) is 0.788. The minimum absolute atomic E-state index is 0.0927. The van der Waals surface area contributed by atoms with Crippen LogP contribution in [0.25, 0.3) is 11.0 Å². The van der Waals surface area contributed by atoms with E-state index in [1.165, 1.54) is 6.07 Å². The topological polar surface area (TPSA) is 63.9 Å². The molecule has 3 N–H and O–H groups in total. The third-order valence-electron chi connectivity index (χ3n) is 3.00. The average Bonchev–Trinajstić information content (AvgIpc) is 2.83. The molecule has 0 aliphatic carbocycles. The number of benzene rings is 1. The predicted molar refractivity (Wildman–Crippen MR) is 57.5 cm³/mol. The Morgan fingerprint density at radius 3 is 2.88 bits per heavy atom. The zero-order chi connectivity index (χ0) is 12.0. The minimum atomic E-state index is -0.671. The van der Waals surface area contributed by atoms with Crippen molar-refractivity contribution in [3.05, 3.63) is 29.6 Å². The standard InChI is InChI=1S/C11H11F2N3O/c12-5-1-7(13)10-9(2-5)15-11(16-10)6-3-17-4-8(6)14/h1-2,6,8H,3-4,14H2,(H,15,16). The highest BCUT2D eigenvalue weighted by Gasteiger charge is 2.29. The second-order valence-electron chi connectivity index (χ2n) is 4.21. The molecular weight excluding hydrogens is 228 g/mol. The molecule has 1 saturated heterocycles. The van der Waals surface area contributed by atoms with Gasteiger partial charge in [0, 0.05) is 12.1 Å². The van der Waals surface area contributed by atoms with Crippen molar-refractivity contribution in [1.82, 2.24) is 9.97 Å². The van der Waals surface area contributed by atoms with Gasteiger partial charge in [-0.15, -0.1) is 0 Å². The van der Waals surface area contributed by atoms with Crippen LogP contribution < -0.4 is 5.73 Å². The van der Waals surface area contributed by atoms with Crippen LogP contribution in [0.4, 0.5) is 8.78 Å². The summed E-state index contributed by atoms with van der Waals surface area (Å²) in [5.41, 5.74) is 6.33. The Morgan fingerprint density at radius 2 is 2.18 bits per heavy atom. The van der Waals surface area contributed by atoms with Gasteiger partial charge in [0.05, 0.1) is 24.6 Å². The lowest BCUT2D eigenvalue weighted by molar-refractivity contribution is 0.190. The average molecular weight is 239 g/mol. The molecule has 1 fully saturated rings. The molecule has 0 spiro atoms. The molecule has 2 unspecified atom stereocenters. The van der Waals surface area contributed by atoms with Gasteiger partial charge in [-0.25, -0.2) is 13.8 Å². The van der Waals surface area contributed by atoms with E-state index >= 15 is 0 Å². The molecule has 0 amide bonds. The Bertz CT molecular complexity index is 569. The van der Waals surface area contributed by atoms with E-state index in [9.17, 15) is 8.78 Å². The normalized spacial score (nSPS) is 24.6. The summed E-state index contributed by atoms with van der Waals surface area (Å²) in [5.74, 6) is -0.841. The summed E-state index contributed by atoms with van der Waals surface area (Å²) in [6, 6.07) is 1.87. The SMILES string of the molecule is NC1COCC1c1nc2c(F)cc(F)cc2[nH]1. The fraction of sp³-hybridized carbons (Fsp3) is 0.364. The van der Waals surface area contributed by atoms with Crippen LogP contribution in [0.1, 0.15) is 11.7 Å². The highest BCUT2D eigenvalue weighted by atomic mass is 19.1. The summed E-state index contributed by atoms with van der Waals surface area (Å²) >= 11 is 0. The first kappa shape index (κ1) is 10.6. The highest BCUT2D eigenvalue weighted by molar-refractivity contribution is 5.75. The molecule has 90 valence electrons. The zero-order valence-corrected chi connectivity index (χ0v) is 8.91. The summed E-state index contributed by atoms with van der Waals surface area (Å²) in [5, 5.41) is 0. The molecule has 0 bridgehead atoms. The number of nitrogens with zero attached hydrogens (tertiary/aromatic N) is 1. The van der Waals surface area contributed by atoms with Gasteiger partial charge >= 0.3 is 0 Å². The molecule has 17 heavy (non-hydrogen) atoms. The molecule has 2 aromatic rings. The van der Waals surface area contributed by atoms with E-state index in [2.05, 4.69) is 9.97 Å². The van der Waals surface area contributed by atoms with Crippen molar-refractivity contribution in [2.75, 3.05) is 13.2 Å². The summed E-state index contributed by atoms with van der Waals surface area (Å²) in [4.78, 5) is 7.03. The van der Waals surface area contributed by atoms with Crippen molar-refractivity contribution in [3.63, 3.8) is 0 Å². The van der Waals surface area contributed by atoms with Gasteiger partial charge in [0.15, 0.2) is 5.82 Å². The smallest absolute Gasteiger partial charge is 0.153 e. The number of hydrogen-bond acceptors (Lipinski definition) is 3. The van der Waals surface area contributed by atoms with Crippen molar-refractivity contribution in [1.29, 1.82) is 0 Å².